The van der Waals surface area contributed by atoms with Crippen LogP contribution in [-0.2, 0) is 14.3 Å². The van der Waals surface area contributed by atoms with Gasteiger partial charge in [0.05, 0.1) is 23.8 Å². The minimum absolute atomic E-state index is 0.0394. The second-order valence-corrected chi connectivity index (χ2v) is 6.23. The number of non-ortho nitro benzene ring substituents is 1. The lowest BCUT2D eigenvalue weighted by atomic mass is 10.1. The van der Waals surface area contributed by atoms with Gasteiger partial charge in [0.1, 0.15) is 11.5 Å². The normalized spacial score (nSPS) is 10.5. The number of amides is 2. The number of furan rings is 1. The number of benzene rings is 2. The van der Waals surface area contributed by atoms with E-state index in [2.05, 4.69) is 20.6 Å². The van der Waals surface area contributed by atoms with Gasteiger partial charge < -0.3 is 14.5 Å². The van der Waals surface area contributed by atoms with E-state index in [1.54, 1.807) is 24.3 Å². The topological polar surface area (TPSA) is 153 Å². The van der Waals surface area contributed by atoms with Crippen LogP contribution >= 0.6 is 0 Å². The number of anilines is 1. The average molecular weight is 436 g/mol. The van der Waals surface area contributed by atoms with Gasteiger partial charge in [0, 0.05) is 23.4 Å². The molecule has 1 aromatic heterocycles. The van der Waals surface area contributed by atoms with Crippen molar-refractivity contribution in [1.82, 2.24) is 5.43 Å². The van der Waals surface area contributed by atoms with E-state index in [0.717, 1.165) is 0 Å². The molecule has 0 aliphatic heterocycles. The minimum Gasteiger partial charge on any atom is -0.465 e. The lowest BCUT2D eigenvalue weighted by Gasteiger charge is -2.04. The summed E-state index contributed by atoms with van der Waals surface area (Å²) in [4.78, 5) is 45.4. The standard InChI is InChI=1S/C21H16N4O7/c1-31-21(28)14-2-6-15(7-3-14)23-19(26)20(27)24-22-12-17-10-11-18(32-17)13-4-8-16(9-5-13)25(29)30/h2-12H,1H3,(H,23,26)(H,24,27)/b22-12-. The smallest absolute Gasteiger partial charge is 0.337 e. The van der Waals surface area contributed by atoms with Crippen molar-refractivity contribution in [3.05, 3.63) is 82.1 Å². The third-order valence-electron chi connectivity index (χ3n) is 4.12. The highest BCUT2D eigenvalue weighted by atomic mass is 16.6. The molecule has 0 saturated carbocycles. The van der Waals surface area contributed by atoms with E-state index >= 15 is 0 Å². The van der Waals surface area contributed by atoms with Crippen LogP contribution in [0.15, 0.2) is 70.2 Å². The van der Waals surface area contributed by atoms with Gasteiger partial charge in [-0.1, -0.05) is 0 Å². The molecule has 32 heavy (non-hydrogen) atoms. The molecule has 0 saturated heterocycles. The van der Waals surface area contributed by atoms with Gasteiger partial charge in [0.25, 0.3) is 5.69 Å². The Morgan fingerprint density at radius 2 is 1.69 bits per heavy atom. The van der Waals surface area contributed by atoms with Crippen LogP contribution in [0, 0.1) is 10.1 Å². The maximum absolute atomic E-state index is 11.9. The fourth-order valence-electron chi connectivity index (χ4n) is 2.53. The van der Waals surface area contributed by atoms with Crippen LogP contribution in [-0.4, -0.2) is 36.0 Å². The molecule has 2 aromatic carbocycles. The minimum atomic E-state index is -1.01. The van der Waals surface area contributed by atoms with Crippen molar-refractivity contribution in [3.8, 4) is 11.3 Å². The van der Waals surface area contributed by atoms with Crippen LogP contribution < -0.4 is 10.7 Å². The maximum atomic E-state index is 11.9. The largest absolute Gasteiger partial charge is 0.465 e. The number of rotatable bonds is 6. The number of carbonyl (C=O) groups excluding carboxylic acids is 3. The van der Waals surface area contributed by atoms with Crippen LogP contribution in [0.25, 0.3) is 11.3 Å². The number of carbonyl (C=O) groups is 3. The van der Waals surface area contributed by atoms with Crippen LogP contribution in [0.1, 0.15) is 16.1 Å². The highest BCUT2D eigenvalue weighted by Gasteiger charge is 2.14. The zero-order valence-electron chi connectivity index (χ0n) is 16.6. The van der Waals surface area contributed by atoms with Crippen LogP contribution in [0.5, 0.6) is 0 Å². The molecule has 0 fully saturated rings. The van der Waals surface area contributed by atoms with Crippen molar-refractivity contribution in [2.45, 2.75) is 0 Å². The summed E-state index contributed by atoms with van der Waals surface area (Å²) in [5.74, 6) is -1.76. The molecule has 3 aromatic rings. The van der Waals surface area contributed by atoms with Gasteiger partial charge in [-0.15, -0.1) is 0 Å². The molecule has 11 heteroatoms. The molecule has 0 radical (unpaired) electrons. The molecule has 162 valence electrons. The number of nitrogens with zero attached hydrogens (tertiary/aromatic N) is 2. The lowest BCUT2D eigenvalue weighted by Crippen LogP contribution is -2.32. The first-order valence-corrected chi connectivity index (χ1v) is 9.05. The molecular formula is C21H16N4O7. The number of hydrogen-bond acceptors (Lipinski definition) is 8. The summed E-state index contributed by atoms with van der Waals surface area (Å²) in [6, 6.07) is 14.8. The summed E-state index contributed by atoms with van der Waals surface area (Å²) in [6.07, 6.45) is 1.20. The third-order valence-corrected chi connectivity index (χ3v) is 4.12. The summed E-state index contributed by atoms with van der Waals surface area (Å²) in [5, 5.41) is 16.7. The van der Waals surface area contributed by atoms with Gasteiger partial charge in [-0.05, 0) is 48.5 Å². The van der Waals surface area contributed by atoms with Gasteiger partial charge in [-0.2, -0.15) is 5.10 Å². The van der Waals surface area contributed by atoms with E-state index in [-0.39, 0.29) is 11.4 Å². The van der Waals surface area contributed by atoms with Gasteiger partial charge >= 0.3 is 17.8 Å². The Morgan fingerprint density at radius 3 is 2.31 bits per heavy atom. The number of hydrogen-bond donors (Lipinski definition) is 2. The van der Waals surface area contributed by atoms with Gasteiger partial charge in [0.15, 0.2) is 0 Å². The molecule has 0 spiro atoms. The first-order valence-electron chi connectivity index (χ1n) is 9.05. The number of methoxy groups -OCH3 is 1. The van der Waals surface area contributed by atoms with Crippen molar-refractivity contribution in [2.24, 2.45) is 5.10 Å². The fourth-order valence-corrected chi connectivity index (χ4v) is 2.53. The molecular weight excluding hydrogens is 420 g/mol. The first-order chi connectivity index (χ1) is 15.4. The highest BCUT2D eigenvalue weighted by Crippen LogP contribution is 2.24. The summed E-state index contributed by atoms with van der Waals surface area (Å²) in [6.45, 7) is 0. The second kappa shape index (κ2) is 9.80. The second-order valence-electron chi connectivity index (χ2n) is 6.23. The van der Waals surface area contributed by atoms with Crippen molar-refractivity contribution in [1.29, 1.82) is 0 Å². The van der Waals surface area contributed by atoms with E-state index in [1.165, 1.54) is 49.7 Å². The number of nitro benzene ring substituents is 1. The van der Waals surface area contributed by atoms with E-state index in [0.29, 0.717) is 22.6 Å². The molecule has 0 aliphatic rings. The Balaban J connectivity index is 1.54. The Labute approximate surface area is 180 Å². The summed E-state index contributed by atoms with van der Waals surface area (Å²) >= 11 is 0. The van der Waals surface area contributed by atoms with Crippen LogP contribution in [0.2, 0.25) is 0 Å². The highest BCUT2D eigenvalue weighted by molar-refractivity contribution is 6.39. The van der Waals surface area contributed by atoms with Crippen LogP contribution in [0.3, 0.4) is 0 Å². The van der Waals surface area contributed by atoms with E-state index in [9.17, 15) is 24.5 Å². The summed E-state index contributed by atoms with van der Waals surface area (Å²) in [5.41, 5.74) is 3.25. The molecule has 2 amide bonds. The average Bonchev–Trinajstić information content (AvgIpc) is 3.28. The number of hydrazone groups is 1. The zero-order chi connectivity index (χ0) is 23.1. The van der Waals surface area contributed by atoms with Crippen molar-refractivity contribution >= 4 is 35.4 Å². The van der Waals surface area contributed by atoms with E-state index in [1.807, 2.05) is 0 Å². The summed E-state index contributed by atoms with van der Waals surface area (Å²) in [7, 11) is 1.25. The van der Waals surface area contributed by atoms with Gasteiger partial charge in [0.2, 0.25) is 0 Å². The quantitative estimate of drug-likeness (QED) is 0.198. The zero-order valence-corrected chi connectivity index (χ0v) is 16.6. The Kier molecular flexibility index (Phi) is 6.71. The van der Waals surface area contributed by atoms with E-state index in [4.69, 9.17) is 4.42 Å². The molecule has 3 rings (SSSR count). The molecule has 11 nitrogen and oxygen atoms in total. The monoisotopic (exact) mass is 436 g/mol. The van der Waals surface area contributed by atoms with Gasteiger partial charge in [-0.3, -0.25) is 19.7 Å². The Morgan fingerprint density at radius 1 is 1.00 bits per heavy atom. The van der Waals surface area contributed by atoms with Gasteiger partial charge in [-0.25, -0.2) is 10.2 Å². The number of esters is 1. The third kappa shape index (κ3) is 5.42. The Hall–Kier alpha value is -4.80. The molecule has 0 unspecified atom stereocenters. The number of nitro groups is 1. The maximum Gasteiger partial charge on any atom is 0.337 e. The molecule has 0 atom stereocenters. The van der Waals surface area contributed by atoms with Crippen molar-refractivity contribution < 1.29 is 28.5 Å². The fraction of sp³-hybridized carbons (Fsp3) is 0.0476. The predicted molar refractivity (Wildman–Crippen MR) is 113 cm³/mol. The van der Waals surface area contributed by atoms with Crippen molar-refractivity contribution in [2.75, 3.05) is 12.4 Å². The predicted octanol–water partition coefficient (Wildman–Crippen LogP) is 2.73. The van der Waals surface area contributed by atoms with Crippen molar-refractivity contribution in [3.63, 3.8) is 0 Å². The summed E-state index contributed by atoms with van der Waals surface area (Å²) < 4.78 is 10.1. The molecule has 0 aliphatic carbocycles. The SMILES string of the molecule is COC(=O)c1ccc(NC(=O)C(=O)N/N=C\c2ccc(-c3ccc([N+](=O)[O-])cc3)o2)cc1. The number of nitrogens with one attached hydrogen (secondary N) is 2. The molecule has 0 bridgehead atoms. The number of ether oxygens (including phenoxy) is 1. The van der Waals surface area contributed by atoms with Crippen LogP contribution in [0.4, 0.5) is 11.4 Å². The Bertz CT molecular complexity index is 1180. The molecule has 1 heterocycles. The first kappa shape index (κ1) is 21.9. The lowest BCUT2D eigenvalue weighted by molar-refractivity contribution is -0.384. The molecule has 2 N–H and O–H groups in total. The van der Waals surface area contributed by atoms with E-state index < -0.39 is 22.7 Å².